The van der Waals surface area contributed by atoms with E-state index in [-0.39, 0.29) is 30.1 Å². The molecule has 7 nitrogen and oxygen atoms in total. The minimum absolute atomic E-state index is 0.0739. The number of hydrogen-bond acceptors (Lipinski definition) is 4. The monoisotopic (exact) mass is 369 g/mol. The largest absolute Gasteiger partial charge is 0.363 e. The molecule has 2 rings (SSSR count). The number of alkyl halides is 1. The van der Waals surface area contributed by atoms with Crippen molar-refractivity contribution >= 4 is 23.5 Å². The van der Waals surface area contributed by atoms with E-state index in [9.17, 15) is 23.6 Å². The van der Waals surface area contributed by atoms with Crippen LogP contribution in [-0.4, -0.2) is 41.3 Å². The van der Waals surface area contributed by atoms with Gasteiger partial charge in [0.25, 0.3) is 5.91 Å². The lowest BCUT2D eigenvalue weighted by molar-refractivity contribution is -0.147. The van der Waals surface area contributed by atoms with Gasteiger partial charge in [-0.25, -0.2) is 4.39 Å². The van der Waals surface area contributed by atoms with E-state index in [1.807, 2.05) is 20.8 Å². The highest BCUT2D eigenvalue weighted by atomic mass is 19.1. The van der Waals surface area contributed by atoms with Crippen LogP contribution in [0.2, 0.25) is 0 Å². The van der Waals surface area contributed by atoms with Gasteiger partial charge in [0, 0.05) is 18.8 Å². The highest BCUT2D eigenvalue weighted by Crippen LogP contribution is 2.36. The molecule has 0 heterocycles. The van der Waals surface area contributed by atoms with Gasteiger partial charge in [-0.2, -0.15) is 0 Å². The number of ketones is 1. The molecule has 0 aromatic rings. The summed E-state index contributed by atoms with van der Waals surface area (Å²) in [5.74, 6) is -3.05. The maximum absolute atomic E-state index is 13.4. The third-order valence-corrected chi connectivity index (χ3v) is 5.46. The molecule has 2 aliphatic rings. The fourth-order valence-electron chi connectivity index (χ4n) is 3.14. The van der Waals surface area contributed by atoms with E-state index in [0.717, 1.165) is 19.3 Å². The molecule has 8 heteroatoms. The van der Waals surface area contributed by atoms with Crippen molar-refractivity contribution in [3.63, 3.8) is 0 Å². The first-order valence-electron chi connectivity index (χ1n) is 9.10. The van der Waals surface area contributed by atoms with E-state index in [1.54, 1.807) is 0 Å². The third kappa shape index (κ3) is 4.59. The minimum Gasteiger partial charge on any atom is -0.363 e. The van der Waals surface area contributed by atoms with Gasteiger partial charge in [0.2, 0.25) is 17.6 Å². The second-order valence-corrected chi connectivity index (χ2v) is 8.33. The van der Waals surface area contributed by atoms with Crippen LogP contribution in [-0.2, 0) is 19.2 Å². The second kappa shape index (κ2) is 7.32. The van der Waals surface area contributed by atoms with Crippen LogP contribution in [0.4, 0.5) is 4.39 Å². The molecule has 0 aromatic carbocycles. The van der Waals surface area contributed by atoms with Gasteiger partial charge in [0.05, 0.1) is 0 Å². The van der Waals surface area contributed by atoms with Crippen molar-refractivity contribution in [3.8, 4) is 0 Å². The maximum Gasteiger partial charge on any atom is 0.287 e. The molecule has 0 aliphatic heterocycles. The number of halogens is 1. The Morgan fingerprint density at radius 3 is 2.23 bits per heavy atom. The fraction of sp³-hybridized carbons (Fsp3) is 0.778. The first-order valence-corrected chi connectivity index (χ1v) is 9.10. The number of nitrogens with two attached hydrogens (primary N) is 1. The number of carbonyl (C=O) groups excluding carboxylic acids is 4. The van der Waals surface area contributed by atoms with E-state index in [4.69, 9.17) is 5.73 Å². The minimum atomic E-state index is -1.60. The predicted octanol–water partition coefficient (Wildman–Crippen LogP) is 0.749. The number of hydrogen-bond donors (Lipinski definition) is 3. The maximum atomic E-state index is 13.4. The first-order chi connectivity index (χ1) is 12.0. The zero-order chi connectivity index (χ0) is 19.7. The molecule has 3 amide bonds. The Morgan fingerprint density at radius 1 is 1.23 bits per heavy atom. The summed E-state index contributed by atoms with van der Waals surface area (Å²) in [5, 5.41) is 5.26. The first kappa shape index (κ1) is 20.3. The summed E-state index contributed by atoms with van der Waals surface area (Å²) in [7, 11) is 0. The number of amides is 3. The van der Waals surface area contributed by atoms with Gasteiger partial charge in [0.15, 0.2) is 0 Å². The van der Waals surface area contributed by atoms with Gasteiger partial charge in [-0.15, -0.1) is 0 Å². The molecule has 2 fully saturated rings. The van der Waals surface area contributed by atoms with Gasteiger partial charge >= 0.3 is 0 Å². The molecule has 26 heavy (non-hydrogen) atoms. The van der Waals surface area contributed by atoms with E-state index < -0.39 is 35.4 Å². The van der Waals surface area contributed by atoms with E-state index >= 15 is 0 Å². The molecule has 2 aliphatic carbocycles. The molecule has 0 unspecified atom stereocenters. The van der Waals surface area contributed by atoms with Gasteiger partial charge in [-0.3, -0.25) is 19.2 Å². The van der Waals surface area contributed by atoms with Crippen molar-refractivity contribution in [1.29, 1.82) is 0 Å². The van der Waals surface area contributed by atoms with Crippen molar-refractivity contribution in [3.05, 3.63) is 0 Å². The highest BCUT2D eigenvalue weighted by Gasteiger charge is 2.54. The van der Waals surface area contributed by atoms with Crippen LogP contribution >= 0.6 is 0 Å². The number of nitrogens with one attached hydrogen (secondary N) is 2. The van der Waals surface area contributed by atoms with Gasteiger partial charge in [0.1, 0.15) is 17.8 Å². The summed E-state index contributed by atoms with van der Waals surface area (Å²) in [6.07, 6.45) is 0.921. The van der Waals surface area contributed by atoms with Crippen LogP contribution in [0.15, 0.2) is 0 Å². The van der Waals surface area contributed by atoms with Crippen LogP contribution in [0.1, 0.15) is 59.3 Å². The Bertz CT molecular complexity index is 610. The van der Waals surface area contributed by atoms with Crippen LogP contribution in [0, 0.1) is 11.3 Å². The third-order valence-electron chi connectivity index (χ3n) is 5.46. The molecule has 1 atom stereocenters. The Kier molecular flexibility index (Phi) is 5.73. The number of Topliss-reactive ketones (excluding diaryl/α,β-unsaturated/α-hetero) is 1. The van der Waals surface area contributed by atoms with Crippen LogP contribution in [0.3, 0.4) is 0 Å². The van der Waals surface area contributed by atoms with Crippen molar-refractivity contribution in [2.24, 2.45) is 17.1 Å². The lowest BCUT2D eigenvalue weighted by Gasteiger charge is -2.43. The summed E-state index contributed by atoms with van der Waals surface area (Å²) < 4.78 is 13.4. The molecule has 0 radical (unpaired) electrons. The zero-order valence-electron chi connectivity index (χ0n) is 15.6. The molecule has 146 valence electrons. The summed E-state index contributed by atoms with van der Waals surface area (Å²) in [5.41, 5.74) is 3.23. The summed E-state index contributed by atoms with van der Waals surface area (Å²) >= 11 is 0. The lowest BCUT2D eigenvalue weighted by Crippen LogP contribution is -2.68. The SMILES string of the molecule is CCC(C)(C)C[C@H](NC(=O)C1CC1)C(=O)NC1(C(=O)C(N)=O)CC(F)C1. The Balaban J connectivity index is 2.14. The lowest BCUT2D eigenvalue weighted by atomic mass is 9.71. The van der Waals surface area contributed by atoms with E-state index in [1.165, 1.54) is 0 Å². The Labute approximate surface area is 152 Å². The van der Waals surface area contributed by atoms with Crippen LogP contribution in [0.5, 0.6) is 0 Å². The summed E-state index contributed by atoms with van der Waals surface area (Å²) in [6, 6.07) is -0.853. The van der Waals surface area contributed by atoms with Gasteiger partial charge in [-0.05, 0) is 24.7 Å². The van der Waals surface area contributed by atoms with Crippen molar-refractivity contribution < 1.29 is 23.6 Å². The molecule has 0 spiro atoms. The fourth-order valence-corrected chi connectivity index (χ4v) is 3.14. The molecule has 0 aromatic heterocycles. The summed E-state index contributed by atoms with van der Waals surface area (Å²) in [4.78, 5) is 48.3. The molecule has 4 N–H and O–H groups in total. The molecule has 0 saturated heterocycles. The summed E-state index contributed by atoms with van der Waals surface area (Å²) in [6.45, 7) is 5.93. The van der Waals surface area contributed by atoms with E-state index in [0.29, 0.717) is 6.42 Å². The standard InChI is InChI=1S/C18H28FN3O4/c1-4-17(2,3)9-12(21-15(25)10-5-6-10)16(26)22-18(7-11(19)8-18)13(23)14(20)24/h10-12H,4-9H2,1-3H3,(H2,20,24)(H,21,25)(H,22,26)/t11?,12-,18?/m0/s1. The number of primary amides is 1. The number of carbonyl (C=O) groups is 4. The molecule has 0 bridgehead atoms. The van der Waals surface area contributed by atoms with Gasteiger partial charge < -0.3 is 16.4 Å². The van der Waals surface area contributed by atoms with Crippen LogP contribution in [0.25, 0.3) is 0 Å². The number of rotatable bonds is 9. The topological polar surface area (TPSA) is 118 Å². The smallest absolute Gasteiger partial charge is 0.287 e. The molecular weight excluding hydrogens is 341 g/mol. The second-order valence-electron chi connectivity index (χ2n) is 8.33. The van der Waals surface area contributed by atoms with Crippen molar-refractivity contribution in [1.82, 2.24) is 10.6 Å². The van der Waals surface area contributed by atoms with Crippen molar-refractivity contribution in [2.75, 3.05) is 0 Å². The normalized spacial score (nSPS) is 26.4. The van der Waals surface area contributed by atoms with Crippen LogP contribution < -0.4 is 16.4 Å². The average Bonchev–Trinajstić information content (AvgIpc) is 3.36. The predicted molar refractivity (Wildman–Crippen MR) is 92.5 cm³/mol. The quantitative estimate of drug-likeness (QED) is 0.520. The Hall–Kier alpha value is -1.99. The Morgan fingerprint density at radius 2 is 1.81 bits per heavy atom. The molecular formula is C18H28FN3O4. The molecule has 2 saturated carbocycles. The van der Waals surface area contributed by atoms with E-state index in [2.05, 4.69) is 10.6 Å². The highest BCUT2D eigenvalue weighted by molar-refractivity contribution is 6.39. The van der Waals surface area contributed by atoms with Gasteiger partial charge in [-0.1, -0.05) is 27.2 Å². The zero-order valence-corrected chi connectivity index (χ0v) is 15.6. The van der Waals surface area contributed by atoms with Crippen molar-refractivity contribution in [2.45, 2.75) is 77.0 Å². The average molecular weight is 369 g/mol.